The number of amides is 1. The minimum absolute atomic E-state index is 0.0262. The second kappa shape index (κ2) is 10.2. The molecule has 5 nitrogen and oxygen atoms in total. The SMILES string of the molecule is COc1cc(CCC(=O)NCCN2CCc3sccc3C2)ccc1OCC(F)(F)F. The van der Waals surface area contributed by atoms with E-state index in [0.29, 0.717) is 19.4 Å². The van der Waals surface area contributed by atoms with E-state index in [4.69, 9.17) is 9.47 Å². The van der Waals surface area contributed by atoms with Gasteiger partial charge in [-0.1, -0.05) is 6.07 Å². The van der Waals surface area contributed by atoms with Crippen molar-refractivity contribution in [3.63, 3.8) is 0 Å². The van der Waals surface area contributed by atoms with Gasteiger partial charge < -0.3 is 14.8 Å². The molecule has 0 radical (unpaired) electrons. The lowest BCUT2D eigenvalue weighted by atomic mass is 10.1. The Hall–Kier alpha value is -2.26. The number of benzene rings is 1. The summed E-state index contributed by atoms with van der Waals surface area (Å²) < 4.78 is 46.9. The van der Waals surface area contributed by atoms with Crippen molar-refractivity contribution in [1.82, 2.24) is 10.2 Å². The molecule has 1 aromatic carbocycles. The maximum atomic E-state index is 12.3. The van der Waals surface area contributed by atoms with Crippen LogP contribution in [0.3, 0.4) is 0 Å². The molecule has 2 heterocycles. The fraction of sp³-hybridized carbons (Fsp3) is 0.476. The number of hydrogen-bond donors (Lipinski definition) is 1. The Morgan fingerprint density at radius 3 is 2.87 bits per heavy atom. The summed E-state index contributed by atoms with van der Waals surface area (Å²) in [7, 11) is 1.37. The zero-order valence-electron chi connectivity index (χ0n) is 16.8. The molecule has 0 spiro atoms. The molecule has 0 saturated heterocycles. The molecular weight excluding hydrogens is 417 g/mol. The maximum Gasteiger partial charge on any atom is 0.422 e. The first-order chi connectivity index (χ1) is 14.3. The molecule has 0 bridgehead atoms. The highest BCUT2D eigenvalue weighted by Gasteiger charge is 2.29. The van der Waals surface area contributed by atoms with Gasteiger partial charge in [0.2, 0.25) is 5.91 Å². The molecule has 0 saturated carbocycles. The predicted octanol–water partition coefficient (Wildman–Crippen LogP) is 3.80. The highest BCUT2D eigenvalue weighted by Crippen LogP contribution is 2.30. The first-order valence-corrected chi connectivity index (χ1v) is 10.6. The Bertz CT molecular complexity index is 854. The number of hydrogen-bond acceptors (Lipinski definition) is 5. The standard InChI is InChI=1S/C21H25F3N2O3S/c1-28-18-12-15(2-4-17(18)29-14-21(22,23)24)3-5-20(27)25-8-10-26-9-6-19-16(13-26)7-11-30-19/h2,4,7,11-12H,3,5-6,8-10,13-14H2,1H3,(H,25,27). The topological polar surface area (TPSA) is 50.8 Å². The van der Waals surface area contributed by atoms with Gasteiger partial charge in [0.15, 0.2) is 18.1 Å². The highest BCUT2D eigenvalue weighted by molar-refractivity contribution is 7.10. The van der Waals surface area contributed by atoms with Crippen molar-refractivity contribution >= 4 is 17.2 Å². The molecule has 0 aliphatic carbocycles. The molecule has 2 aromatic rings. The second-order valence-electron chi connectivity index (χ2n) is 7.13. The Labute approximate surface area is 177 Å². The van der Waals surface area contributed by atoms with Crippen LogP contribution in [0.2, 0.25) is 0 Å². The summed E-state index contributed by atoms with van der Waals surface area (Å²) in [5, 5.41) is 5.06. The molecule has 30 heavy (non-hydrogen) atoms. The minimum Gasteiger partial charge on any atom is -0.493 e. The van der Waals surface area contributed by atoms with E-state index in [0.717, 1.165) is 31.6 Å². The van der Waals surface area contributed by atoms with Crippen molar-refractivity contribution in [3.05, 3.63) is 45.6 Å². The normalized spacial score (nSPS) is 14.3. The van der Waals surface area contributed by atoms with Gasteiger partial charge in [0.25, 0.3) is 0 Å². The lowest BCUT2D eigenvalue weighted by Gasteiger charge is -2.26. The molecule has 9 heteroatoms. The molecule has 0 unspecified atom stereocenters. The van der Waals surface area contributed by atoms with E-state index >= 15 is 0 Å². The Morgan fingerprint density at radius 1 is 1.27 bits per heavy atom. The van der Waals surface area contributed by atoms with Gasteiger partial charge in [-0.05, 0) is 47.5 Å². The number of rotatable bonds is 9. The number of thiophene rings is 1. The van der Waals surface area contributed by atoms with Crippen LogP contribution in [0, 0.1) is 0 Å². The van der Waals surface area contributed by atoms with Crippen LogP contribution in [0.1, 0.15) is 22.4 Å². The summed E-state index contributed by atoms with van der Waals surface area (Å²) in [6, 6.07) is 6.85. The minimum atomic E-state index is -4.41. The number of carbonyl (C=O) groups is 1. The van der Waals surface area contributed by atoms with Gasteiger partial charge >= 0.3 is 6.18 Å². The summed E-state index contributed by atoms with van der Waals surface area (Å²) in [6.07, 6.45) is -2.60. The van der Waals surface area contributed by atoms with E-state index in [9.17, 15) is 18.0 Å². The van der Waals surface area contributed by atoms with Gasteiger partial charge in [-0.25, -0.2) is 0 Å². The third kappa shape index (κ3) is 6.63. The number of carbonyl (C=O) groups excluding carboxylic acids is 1. The summed E-state index contributed by atoms with van der Waals surface area (Å²) in [4.78, 5) is 15.9. The van der Waals surface area contributed by atoms with Crippen LogP contribution >= 0.6 is 11.3 Å². The third-order valence-electron chi connectivity index (χ3n) is 4.90. The van der Waals surface area contributed by atoms with Crippen LogP contribution in [0.5, 0.6) is 11.5 Å². The first-order valence-electron chi connectivity index (χ1n) is 9.75. The summed E-state index contributed by atoms with van der Waals surface area (Å²) in [5.74, 6) is 0.188. The third-order valence-corrected chi connectivity index (χ3v) is 5.92. The summed E-state index contributed by atoms with van der Waals surface area (Å²) >= 11 is 1.80. The molecule has 0 fully saturated rings. The number of aryl methyl sites for hydroxylation is 1. The summed E-state index contributed by atoms with van der Waals surface area (Å²) in [6.45, 7) is 1.95. The molecular formula is C21H25F3N2O3S. The van der Waals surface area contributed by atoms with Crippen molar-refractivity contribution in [2.24, 2.45) is 0 Å². The number of halogens is 3. The Kier molecular flexibility index (Phi) is 7.60. The molecule has 3 rings (SSSR count). The Morgan fingerprint density at radius 2 is 2.10 bits per heavy atom. The van der Waals surface area contributed by atoms with Crippen LogP contribution in [-0.2, 0) is 24.2 Å². The summed E-state index contributed by atoms with van der Waals surface area (Å²) in [5.41, 5.74) is 2.18. The number of methoxy groups -OCH3 is 1. The number of nitrogens with one attached hydrogen (secondary N) is 1. The first kappa shape index (κ1) is 22.4. The Balaban J connectivity index is 1.40. The van der Waals surface area contributed by atoms with Crippen LogP contribution in [0.25, 0.3) is 0 Å². The van der Waals surface area contributed by atoms with E-state index in [1.165, 1.54) is 23.6 Å². The quantitative estimate of drug-likeness (QED) is 0.642. The van der Waals surface area contributed by atoms with Gasteiger partial charge in [0.05, 0.1) is 7.11 Å². The van der Waals surface area contributed by atoms with Crippen LogP contribution in [0.4, 0.5) is 13.2 Å². The van der Waals surface area contributed by atoms with Crippen molar-refractivity contribution in [3.8, 4) is 11.5 Å². The monoisotopic (exact) mass is 442 g/mol. The van der Waals surface area contributed by atoms with E-state index in [-0.39, 0.29) is 17.4 Å². The van der Waals surface area contributed by atoms with Gasteiger partial charge in [0, 0.05) is 37.5 Å². The van der Waals surface area contributed by atoms with Crippen molar-refractivity contribution in [2.75, 3.05) is 33.4 Å². The van der Waals surface area contributed by atoms with E-state index in [1.807, 2.05) is 0 Å². The molecule has 1 aliphatic rings. The van der Waals surface area contributed by atoms with Crippen molar-refractivity contribution in [2.45, 2.75) is 32.0 Å². The average molecular weight is 443 g/mol. The molecule has 1 aliphatic heterocycles. The number of alkyl halides is 3. The fourth-order valence-electron chi connectivity index (χ4n) is 3.34. The van der Waals surface area contributed by atoms with Crippen molar-refractivity contribution in [1.29, 1.82) is 0 Å². The van der Waals surface area contributed by atoms with Gasteiger partial charge in [-0.2, -0.15) is 13.2 Å². The second-order valence-corrected chi connectivity index (χ2v) is 8.13. The van der Waals surface area contributed by atoms with Gasteiger partial charge in [0.1, 0.15) is 0 Å². The lowest BCUT2D eigenvalue weighted by molar-refractivity contribution is -0.153. The number of fused-ring (bicyclic) bond motifs is 1. The zero-order chi connectivity index (χ0) is 21.6. The van der Waals surface area contributed by atoms with Crippen molar-refractivity contribution < 1.29 is 27.4 Å². The number of ether oxygens (including phenoxy) is 2. The van der Waals surface area contributed by atoms with E-state index in [1.54, 1.807) is 23.5 Å². The highest BCUT2D eigenvalue weighted by atomic mass is 32.1. The van der Waals surface area contributed by atoms with Gasteiger partial charge in [-0.3, -0.25) is 9.69 Å². The smallest absolute Gasteiger partial charge is 0.422 e. The van der Waals surface area contributed by atoms with Crippen LogP contribution < -0.4 is 14.8 Å². The lowest BCUT2D eigenvalue weighted by Crippen LogP contribution is -2.37. The van der Waals surface area contributed by atoms with Crippen LogP contribution in [0.15, 0.2) is 29.6 Å². The molecule has 0 atom stereocenters. The fourth-order valence-corrected chi connectivity index (χ4v) is 4.23. The molecule has 1 amide bonds. The van der Waals surface area contributed by atoms with E-state index < -0.39 is 12.8 Å². The molecule has 164 valence electrons. The maximum absolute atomic E-state index is 12.3. The van der Waals surface area contributed by atoms with Gasteiger partial charge in [-0.15, -0.1) is 11.3 Å². The zero-order valence-corrected chi connectivity index (χ0v) is 17.6. The predicted molar refractivity (Wildman–Crippen MR) is 109 cm³/mol. The van der Waals surface area contributed by atoms with Crippen LogP contribution in [-0.4, -0.2) is 50.3 Å². The largest absolute Gasteiger partial charge is 0.493 e. The van der Waals surface area contributed by atoms with E-state index in [2.05, 4.69) is 21.7 Å². The average Bonchev–Trinajstić information content (AvgIpc) is 3.18. The molecule has 1 aromatic heterocycles. The number of nitrogens with zero attached hydrogens (tertiary/aromatic N) is 1. The molecule has 1 N–H and O–H groups in total.